The number of para-hydroxylation sites is 1. The summed E-state index contributed by atoms with van der Waals surface area (Å²) in [7, 11) is 3.31. The van der Waals surface area contributed by atoms with Crippen LogP contribution in [0.3, 0.4) is 0 Å². The van der Waals surface area contributed by atoms with Crippen LogP contribution >= 0.6 is 11.6 Å². The Morgan fingerprint density at radius 1 is 1.03 bits per heavy atom. The van der Waals surface area contributed by atoms with Crippen molar-refractivity contribution in [2.45, 2.75) is 12.5 Å². The zero-order valence-electron chi connectivity index (χ0n) is 18.4. The summed E-state index contributed by atoms with van der Waals surface area (Å²) in [6.45, 7) is 0.560. The maximum atomic E-state index is 13.4. The maximum absolute atomic E-state index is 13.4. The Hall–Kier alpha value is -3.64. The molecular weight excluding hydrogens is 438 g/mol. The number of halogens is 1. The van der Waals surface area contributed by atoms with Crippen LogP contribution in [0.2, 0.25) is 5.02 Å². The normalized spacial score (nSPS) is 15.2. The van der Waals surface area contributed by atoms with Gasteiger partial charge in [0.15, 0.2) is 0 Å². The first kappa shape index (κ1) is 21.2. The summed E-state index contributed by atoms with van der Waals surface area (Å²) in [6, 6.07) is 20.6. The number of carbonyl (C=O) groups is 1. The lowest BCUT2D eigenvalue weighted by Gasteiger charge is -2.36. The van der Waals surface area contributed by atoms with Crippen LogP contribution in [0.5, 0.6) is 11.5 Å². The van der Waals surface area contributed by atoms with E-state index in [1.807, 2.05) is 53.4 Å². The molecule has 0 spiro atoms. The average molecular weight is 462 g/mol. The van der Waals surface area contributed by atoms with E-state index in [0.29, 0.717) is 17.3 Å². The minimum atomic E-state index is -0.291. The van der Waals surface area contributed by atoms with E-state index in [1.165, 1.54) is 5.56 Å². The number of H-pyrrole nitrogens is 1. The van der Waals surface area contributed by atoms with E-state index < -0.39 is 0 Å². The van der Waals surface area contributed by atoms with Crippen molar-refractivity contribution in [3.8, 4) is 11.5 Å². The number of hydrogen-bond donors (Lipinski definition) is 2. The molecule has 0 bridgehead atoms. The fraction of sp³-hybridized carbons (Fsp3) is 0.192. The van der Waals surface area contributed by atoms with Crippen molar-refractivity contribution in [3.63, 3.8) is 0 Å². The molecule has 1 aromatic heterocycles. The molecule has 0 aliphatic carbocycles. The highest BCUT2D eigenvalue weighted by atomic mass is 35.5. The van der Waals surface area contributed by atoms with Gasteiger partial charge in [0.2, 0.25) is 0 Å². The summed E-state index contributed by atoms with van der Waals surface area (Å²) in [5, 5.41) is 4.60. The van der Waals surface area contributed by atoms with Gasteiger partial charge in [-0.15, -0.1) is 0 Å². The van der Waals surface area contributed by atoms with Crippen molar-refractivity contribution in [3.05, 3.63) is 88.6 Å². The standard InChI is InChI=1S/C26H24ClN3O3/c1-32-17-9-7-16(8-10-17)25-24-19(20-15-18(33-2)11-12-22(20)28-24)13-14-30(25)26(31)29-23-6-4-3-5-21(23)27/h3-12,15,25,28H,13-14H2,1-2H3,(H,29,31)/t25-/m0/s1. The van der Waals surface area contributed by atoms with Gasteiger partial charge in [-0.2, -0.15) is 0 Å². The minimum absolute atomic E-state index is 0.203. The summed E-state index contributed by atoms with van der Waals surface area (Å²) >= 11 is 6.29. The quantitative estimate of drug-likeness (QED) is 0.390. The lowest BCUT2D eigenvalue weighted by Crippen LogP contribution is -2.43. The molecule has 0 saturated carbocycles. The Labute approximate surface area is 197 Å². The van der Waals surface area contributed by atoms with E-state index >= 15 is 0 Å². The Morgan fingerprint density at radius 3 is 2.48 bits per heavy atom. The predicted molar refractivity (Wildman–Crippen MR) is 131 cm³/mol. The lowest BCUT2D eigenvalue weighted by molar-refractivity contribution is 0.193. The molecule has 0 saturated heterocycles. The van der Waals surface area contributed by atoms with Gasteiger partial charge in [-0.1, -0.05) is 35.9 Å². The molecule has 33 heavy (non-hydrogen) atoms. The molecule has 7 heteroatoms. The Bertz CT molecular complexity index is 1320. The van der Waals surface area contributed by atoms with E-state index in [1.54, 1.807) is 26.4 Å². The van der Waals surface area contributed by atoms with Crippen LogP contribution in [-0.2, 0) is 6.42 Å². The van der Waals surface area contributed by atoms with Gasteiger partial charge in [-0.05, 0) is 60.0 Å². The number of methoxy groups -OCH3 is 2. The fourth-order valence-corrected chi connectivity index (χ4v) is 4.68. The lowest BCUT2D eigenvalue weighted by atomic mass is 9.92. The molecule has 1 atom stereocenters. The van der Waals surface area contributed by atoms with Gasteiger partial charge in [0.25, 0.3) is 0 Å². The van der Waals surface area contributed by atoms with Gasteiger partial charge in [0.05, 0.1) is 31.0 Å². The molecule has 0 radical (unpaired) electrons. The number of rotatable bonds is 4. The highest BCUT2D eigenvalue weighted by Crippen LogP contribution is 2.40. The van der Waals surface area contributed by atoms with E-state index in [0.717, 1.165) is 40.1 Å². The van der Waals surface area contributed by atoms with Gasteiger partial charge in [0, 0.05) is 23.1 Å². The molecule has 5 rings (SSSR count). The van der Waals surface area contributed by atoms with Crippen LogP contribution < -0.4 is 14.8 Å². The number of hydrogen-bond acceptors (Lipinski definition) is 3. The first-order valence-corrected chi connectivity index (χ1v) is 11.1. The molecular formula is C26H24ClN3O3. The maximum Gasteiger partial charge on any atom is 0.322 e. The van der Waals surface area contributed by atoms with E-state index in [9.17, 15) is 4.79 Å². The number of ether oxygens (including phenoxy) is 2. The molecule has 2 amide bonds. The van der Waals surface area contributed by atoms with Crippen molar-refractivity contribution in [2.75, 3.05) is 26.1 Å². The summed E-state index contributed by atoms with van der Waals surface area (Å²) in [5.41, 5.74) is 4.80. The Morgan fingerprint density at radius 2 is 1.76 bits per heavy atom. The van der Waals surface area contributed by atoms with Crippen LogP contribution in [0.25, 0.3) is 10.9 Å². The number of aromatic amines is 1. The van der Waals surface area contributed by atoms with Crippen LogP contribution in [0.4, 0.5) is 10.5 Å². The summed E-state index contributed by atoms with van der Waals surface area (Å²) in [5.74, 6) is 1.58. The Balaban J connectivity index is 1.59. The topological polar surface area (TPSA) is 66.6 Å². The van der Waals surface area contributed by atoms with Gasteiger partial charge >= 0.3 is 6.03 Å². The third-order valence-electron chi connectivity index (χ3n) is 6.14. The molecule has 3 aromatic carbocycles. The minimum Gasteiger partial charge on any atom is -0.497 e. The molecule has 1 aliphatic heterocycles. The van der Waals surface area contributed by atoms with Crippen LogP contribution in [0.1, 0.15) is 22.9 Å². The van der Waals surface area contributed by atoms with E-state index in [2.05, 4.69) is 16.4 Å². The number of amides is 2. The largest absolute Gasteiger partial charge is 0.497 e. The van der Waals surface area contributed by atoms with Gasteiger partial charge in [-0.25, -0.2) is 4.79 Å². The van der Waals surface area contributed by atoms with Crippen LogP contribution in [0.15, 0.2) is 66.7 Å². The number of carbonyl (C=O) groups excluding carboxylic acids is 1. The van der Waals surface area contributed by atoms with Gasteiger partial charge < -0.3 is 24.7 Å². The van der Waals surface area contributed by atoms with Crippen LogP contribution in [-0.4, -0.2) is 36.7 Å². The number of nitrogens with one attached hydrogen (secondary N) is 2. The number of benzene rings is 3. The monoisotopic (exact) mass is 461 g/mol. The smallest absolute Gasteiger partial charge is 0.322 e. The first-order chi connectivity index (χ1) is 16.1. The highest BCUT2D eigenvalue weighted by Gasteiger charge is 2.35. The first-order valence-electron chi connectivity index (χ1n) is 10.7. The molecule has 0 unspecified atom stereocenters. The number of nitrogens with zero attached hydrogens (tertiary/aromatic N) is 1. The van der Waals surface area contributed by atoms with Crippen molar-refractivity contribution in [2.24, 2.45) is 0 Å². The van der Waals surface area contributed by atoms with Crippen molar-refractivity contribution in [1.29, 1.82) is 0 Å². The molecule has 4 aromatic rings. The van der Waals surface area contributed by atoms with Gasteiger partial charge in [-0.3, -0.25) is 0 Å². The van der Waals surface area contributed by atoms with E-state index in [4.69, 9.17) is 21.1 Å². The predicted octanol–water partition coefficient (Wildman–Crippen LogP) is 6.02. The van der Waals surface area contributed by atoms with Crippen molar-refractivity contribution >= 4 is 34.2 Å². The summed E-state index contributed by atoms with van der Waals surface area (Å²) in [6.07, 6.45) is 0.727. The average Bonchev–Trinajstić information content (AvgIpc) is 3.22. The van der Waals surface area contributed by atoms with E-state index in [-0.39, 0.29) is 12.1 Å². The zero-order valence-corrected chi connectivity index (χ0v) is 19.1. The number of anilines is 1. The molecule has 1 aliphatic rings. The number of fused-ring (bicyclic) bond motifs is 3. The SMILES string of the molecule is COc1ccc([C@H]2c3[nH]c4ccc(OC)cc4c3CCN2C(=O)Nc2ccccc2Cl)cc1. The molecule has 0 fully saturated rings. The summed E-state index contributed by atoms with van der Waals surface area (Å²) in [4.78, 5) is 18.9. The third kappa shape index (κ3) is 3.87. The second kappa shape index (κ2) is 8.71. The number of urea groups is 1. The molecule has 168 valence electrons. The zero-order chi connectivity index (χ0) is 22.9. The van der Waals surface area contributed by atoms with Gasteiger partial charge in [0.1, 0.15) is 11.5 Å². The number of aromatic nitrogens is 1. The van der Waals surface area contributed by atoms with Crippen LogP contribution in [0, 0.1) is 0 Å². The molecule has 2 heterocycles. The highest BCUT2D eigenvalue weighted by molar-refractivity contribution is 6.33. The second-order valence-corrected chi connectivity index (χ2v) is 8.37. The Kier molecular flexibility index (Phi) is 5.60. The second-order valence-electron chi connectivity index (χ2n) is 7.96. The van der Waals surface area contributed by atoms with Crippen molar-refractivity contribution < 1.29 is 14.3 Å². The van der Waals surface area contributed by atoms with Crippen molar-refractivity contribution in [1.82, 2.24) is 9.88 Å². The fourth-order valence-electron chi connectivity index (χ4n) is 4.50. The summed E-state index contributed by atoms with van der Waals surface area (Å²) < 4.78 is 10.8. The molecule has 2 N–H and O–H groups in total. The third-order valence-corrected chi connectivity index (χ3v) is 6.47. The molecule has 6 nitrogen and oxygen atoms in total.